The van der Waals surface area contributed by atoms with Crippen LogP contribution in [0.1, 0.15) is 17.7 Å². The fourth-order valence-electron chi connectivity index (χ4n) is 2.55. The van der Waals surface area contributed by atoms with Crippen LogP contribution in [0.25, 0.3) is 0 Å². The molecular weight excluding hydrogens is 295 g/mol. The van der Waals surface area contributed by atoms with Gasteiger partial charge < -0.3 is 16.0 Å². The van der Waals surface area contributed by atoms with Crippen LogP contribution in [0.5, 0.6) is 0 Å². The Morgan fingerprint density at radius 1 is 1.30 bits per heavy atom. The van der Waals surface area contributed by atoms with Gasteiger partial charge in [-0.2, -0.15) is 0 Å². The predicted molar refractivity (Wildman–Crippen MR) is 88.2 cm³/mol. The number of halogens is 1. The zero-order chi connectivity index (χ0) is 16.1. The third kappa shape index (κ3) is 4.18. The van der Waals surface area contributed by atoms with Gasteiger partial charge in [0.1, 0.15) is 11.6 Å². The Bertz CT molecular complexity index is 705. The van der Waals surface area contributed by atoms with Gasteiger partial charge in [0.2, 0.25) is 0 Å². The molecule has 0 bridgehead atoms. The van der Waals surface area contributed by atoms with E-state index in [9.17, 15) is 9.18 Å². The van der Waals surface area contributed by atoms with Gasteiger partial charge in [0.25, 0.3) is 0 Å². The molecule has 0 saturated heterocycles. The van der Waals surface area contributed by atoms with Crippen LogP contribution in [0, 0.1) is 5.82 Å². The van der Waals surface area contributed by atoms with Gasteiger partial charge in [0, 0.05) is 30.9 Å². The van der Waals surface area contributed by atoms with E-state index in [2.05, 4.69) is 27.0 Å². The summed E-state index contributed by atoms with van der Waals surface area (Å²) in [7, 11) is 0. The molecule has 1 aliphatic heterocycles. The summed E-state index contributed by atoms with van der Waals surface area (Å²) in [6.45, 7) is 1.42. The summed E-state index contributed by atoms with van der Waals surface area (Å²) < 4.78 is 13.0. The van der Waals surface area contributed by atoms with E-state index in [0.29, 0.717) is 18.7 Å². The van der Waals surface area contributed by atoms with Crippen LogP contribution in [0.2, 0.25) is 0 Å². The number of hydrogen-bond acceptors (Lipinski definition) is 3. The summed E-state index contributed by atoms with van der Waals surface area (Å²) in [6, 6.07) is 9.53. The number of anilines is 2. The molecule has 1 aliphatic rings. The lowest BCUT2D eigenvalue weighted by atomic mass is 10.1. The molecule has 23 heavy (non-hydrogen) atoms. The Balaban J connectivity index is 1.48. The van der Waals surface area contributed by atoms with Gasteiger partial charge in [0.05, 0.1) is 0 Å². The molecule has 0 spiro atoms. The molecule has 1 aromatic carbocycles. The van der Waals surface area contributed by atoms with E-state index in [0.717, 1.165) is 30.9 Å². The Morgan fingerprint density at radius 3 is 3.09 bits per heavy atom. The molecule has 2 amide bonds. The van der Waals surface area contributed by atoms with Gasteiger partial charge in [-0.15, -0.1) is 0 Å². The number of aryl methyl sites for hydroxylation is 1. The number of amides is 2. The Hall–Kier alpha value is -2.63. The lowest BCUT2D eigenvalue weighted by Gasteiger charge is -2.17. The molecule has 5 nitrogen and oxygen atoms in total. The molecule has 6 heteroatoms. The average Bonchev–Trinajstić information content (AvgIpc) is 2.55. The SMILES string of the molecule is O=C(NCCc1ccc2c(n1)NCCC2)Nc1cccc(F)c1. The number of hydrogen-bond donors (Lipinski definition) is 3. The maximum absolute atomic E-state index is 13.0. The quantitative estimate of drug-likeness (QED) is 0.813. The van der Waals surface area contributed by atoms with Gasteiger partial charge in [-0.25, -0.2) is 14.2 Å². The first-order valence-electron chi connectivity index (χ1n) is 7.74. The van der Waals surface area contributed by atoms with Crippen molar-refractivity contribution in [2.75, 3.05) is 23.7 Å². The minimum Gasteiger partial charge on any atom is -0.370 e. The first kappa shape index (κ1) is 15.3. The van der Waals surface area contributed by atoms with E-state index in [1.165, 1.54) is 17.7 Å². The molecule has 0 radical (unpaired) electrons. The van der Waals surface area contributed by atoms with Crippen molar-refractivity contribution in [1.29, 1.82) is 0 Å². The van der Waals surface area contributed by atoms with Crippen LogP contribution in [0.15, 0.2) is 36.4 Å². The van der Waals surface area contributed by atoms with E-state index in [4.69, 9.17) is 0 Å². The van der Waals surface area contributed by atoms with Gasteiger partial charge >= 0.3 is 6.03 Å². The zero-order valence-corrected chi connectivity index (χ0v) is 12.7. The Kier molecular flexibility index (Phi) is 4.71. The van der Waals surface area contributed by atoms with E-state index < -0.39 is 0 Å². The molecule has 0 aliphatic carbocycles. The lowest BCUT2D eigenvalue weighted by molar-refractivity contribution is 0.252. The number of benzene rings is 1. The summed E-state index contributed by atoms with van der Waals surface area (Å²) in [5.74, 6) is 0.575. The fourth-order valence-corrected chi connectivity index (χ4v) is 2.55. The first-order chi connectivity index (χ1) is 11.2. The summed E-state index contributed by atoms with van der Waals surface area (Å²) >= 11 is 0. The minimum absolute atomic E-state index is 0.355. The van der Waals surface area contributed by atoms with Crippen molar-refractivity contribution >= 4 is 17.5 Å². The molecule has 2 heterocycles. The molecule has 1 aromatic heterocycles. The van der Waals surface area contributed by atoms with Crippen LogP contribution < -0.4 is 16.0 Å². The highest BCUT2D eigenvalue weighted by atomic mass is 19.1. The summed E-state index contributed by atoms with van der Waals surface area (Å²) in [5, 5.41) is 8.64. The standard InChI is InChI=1S/C17H19FN4O/c18-13-4-1-5-15(11-13)22-17(23)20-10-8-14-7-6-12-3-2-9-19-16(12)21-14/h1,4-7,11H,2-3,8-10H2,(H,19,21)(H2,20,22,23). The summed E-state index contributed by atoms with van der Waals surface area (Å²) in [4.78, 5) is 16.3. The van der Waals surface area contributed by atoms with E-state index in [1.807, 2.05) is 6.07 Å². The van der Waals surface area contributed by atoms with Crippen molar-refractivity contribution in [3.05, 3.63) is 53.5 Å². The van der Waals surface area contributed by atoms with E-state index in [1.54, 1.807) is 12.1 Å². The average molecular weight is 314 g/mol. The lowest BCUT2D eigenvalue weighted by Crippen LogP contribution is -2.30. The maximum atomic E-state index is 13.0. The van der Waals surface area contributed by atoms with E-state index >= 15 is 0 Å². The molecule has 0 atom stereocenters. The van der Waals surface area contributed by atoms with Crippen molar-refractivity contribution in [3.63, 3.8) is 0 Å². The van der Waals surface area contributed by atoms with Crippen molar-refractivity contribution in [2.45, 2.75) is 19.3 Å². The highest BCUT2D eigenvalue weighted by Gasteiger charge is 2.10. The monoisotopic (exact) mass is 314 g/mol. The highest BCUT2D eigenvalue weighted by molar-refractivity contribution is 5.89. The molecular formula is C17H19FN4O. The van der Waals surface area contributed by atoms with Gasteiger partial charge in [-0.05, 0) is 42.7 Å². The number of carbonyl (C=O) groups is 1. The van der Waals surface area contributed by atoms with Crippen LogP contribution >= 0.6 is 0 Å². The Labute approximate surface area is 134 Å². The molecule has 3 rings (SSSR count). The van der Waals surface area contributed by atoms with Crippen molar-refractivity contribution in [1.82, 2.24) is 10.3 Å². The molecule has 0 fully saturated rings. The summed E-state index contributed by atoms with van der Waals surface area (Å²) in [6.07, 6.45) is 2.84. The molecule has 120 valence electrons. The normalized spacial score (nSPS) is 12.9. The third-order valence-electron chi connectivity index (χ3n) is 3.70. The van der Waals surface area contributed by atoms with Gasteiger partial charge in [0.15, 0.2) is 0 Å². The number of pyridine rings is 1. The number of nitrogens with zero attached hydrogens (tertiary/aromatic N) is 1. The van der Waals surface area contributed by atoms with E-state index in [-0.39, 0.29) is 11.8 Å². The molecule has 3 N–H and O–H groups in total. The molecule has 0 saturated carbocycles. The zero-order valence-electron chi connectivity index (χ0n) is 12.7. The van der Waals surface area contributed by atoms with Crippen molar-refractivity contribution in [3.8, 4) is 0 Å². The molecule has 0 unspecified atom stereocenters. The second kappa shape index (κ2) is 7.09. The second-order valence-corrected chi connectivity index (χ2v) is 5.48. The number of carbonyl (C=O) groups excluding carboxylic acids is 1. The maximum Gasteiger partial charge on any atom is 0.319 e. The van der Waals surface area contributed by atoms with Crippen LogP contribution in [-0.2, 0) is 12.8 Å². The van der Waals surface area contributed by atoms with Crippen LogP contribution in [0.4, 0.5) is 20.7 Å². The predicted octanol–water partition coefficient (Wildman–Crippen LogP) is 2.94. The third-order valence-corrected chi connectivity index (χ3v) is 3.70. The molecule has 2 aromatic rings. The first-order valence-corrected chi connectivity index (χ1v) is 7.74. The Morgan fingerprint density at radius 2 is 2.22 bits per heavy atom. The van der Waals surface area contributed by atoms with Crippen molar-refractivity contribution in [2.24, 2.45) is 0 Å². The second-order valence-electron chi connectivity index (χ2n) is 5.48. The topological polar surface area (TPSA) is 66.0 Å². The number of nitrogens with one attached hydrogen (secondary N) is 3. The largest absolute Gasteiger partial charge is 0.370 e. The summed E-state index contributed by atoms with van der Waals surface area (Å²) in [5.41, 5.74) is 2.61. The van der Waals surface area contributed by atoms with Gasteiger partial charge in [-0.1, -0.05) is 12.1 Å². The number of aromatic nitrogens is 1. The van der Waals surface area contributed by atoms with Gasteiger partial charge in [-0.3, -0.25) is 0 Å². The van der Waals surface area contributed by atoms with Crippen molar-refractivity contribution < 1.29 is 9.18 Å². The smallest absolute Gasteiger partial charge is 0.319 e. The number of rotatable bonds is 4. The van der Waals surface area contributed by atoms with Crippen LogP contribution in [0.3, 0.4) is 0 Å². The fraction of sp³-hybridized carbons (Fsp3) is 0.294. The highest BCUT2D eigenvalue weighted by Crippen LogP contribution is 2.19. The van der Waals surface area contributed by atoms with Crippen LogP contribution in [-0.4, -0.2) is 24.1 Å². The minimum atomic E-state index is -0.381. The number of urea groups is 1. The number of fused-ring (bicyclic) bond motifs is 1.